The van der Waals surface area contributed by atoms with Gasteiger partial charge < -0.3 is 4.74 Å². The van der Waals surface area contributed by atoms with Crippen LogP contribution >= 0.6 is 0 Å². The Bertz CT molecular complexity index is 709. The molecule has 3 nitrogen and oxygen atoms in total. The highest BCUT2D eigenvalue weighted by atomic mass is 19.1. The van der Waals surface area contributed by atoms with E-state index >= 15 is 0 Å². The number of hydrogen-bond donors (Lipinski definition) is 0. The van der Waals surface area contributed by atoms with E-state index in [9.17, 15) is 4.39 Å². The number of ether oxygens (including phenoxy) is 1. The van der Waals surface area contributed by atoms with Crippen LogP contribution in [0.3, 0.4) is 0 Å². The van der Waals surface area contributed by atoms with Crippen LogP contribution in [-0.4, -0.2) is 16.8 Å². The molecule has 3 rings (SSSR count). The van der Waals surface area contributed by atoms with E-state index in [1.54, 1.807) is 6.07 Å². The lowest BCUT2D eigenvalue weighted by atomic mass is 9.81. The van der Waals surface area contributed by atoms with E-state index in [0.717, 1.165) is 42.4 Å². The molecule has 27 heavy (non-hydrogen) atoms. The highest BCUT2D eigenvalue weighted by Gasteiger charge is 2.18. The molecule has 1 heterocycles. The molecule has 146 valence electrons. The standard InChI is InChI=1S/C23H31FN2O/c1-3-4-15-27-23-14-10-19(16-21(23)24)22-13-12-20(25-26-22)11-9-18-7-5-17(2)6-8-18/h10,12-14,16-18H,3-9,11,15H2,1-2H3. The van der Waals surface area contributed by atoms with Gasteiger partial charge >= 0.3 is 0 Å². The zero-order valence-electron chi connectivity index (χ0n) is 16.6. The largest absolute Gasteiger partial charge is 0.491 e. The fourth-order valence-corrected chi connectivity index (χ4v) is 3.72. The molecule has 2 aromatic rings. The van der Waals surface area contributed by atoms with E-state index in [0.29, 0.717) is 18.1 Å². The molecule has 0 spiro atoms. The van der Waals surface area contributed by atoms with Gasteiger partial charge in [0.1, 0.15) is 0 Å². The zero-order valence-corrected chi connectivity index (χ0v) is 16.6. The van der Waals surface area contributed by atoms with E-state index in [4.69, 9.17) is 4.74 Å². The predicted molar refractivity (Wildman–Crippen MR) is 107 cm³/mol. The van der Waals surface area contributed by atoms with E-state index in [1.807, 2.05) is 18.2 Å². The van der Waals surface area contributed by atoms with Crippen molar-refractivity contribution in [3.8, 4) is 17.0 Å². The van der Waals surface area contributed by atoms with Gasteiger partial charge in [-0.25, -0.2) is 4.39 Å². The van der Waals surface area contributed by atoms with Gasteiger partial charge in [0, 0.05) is 5.56 Å². The summed E-state index contributed by atoms with van der Waals surface area (Å²) >= 11 is 0. The minimum absolute atomic E-state index is 0.304. The van der Waals surface area contributed by atoms with Crippen LogP contribution in [0, 0.1) is 17.7 Å². The summed E-state index contributed by atoms with van der Waals surface area (Å²) in [4.78, 5) is 0. The topological polar surface area (TPSA) is 35.0 Å². The summed E-state index contributed by atoms with van der Waals surface area (Å²) in [6, 6.07) is 8.97. The maximum Gasteiger partial charge on any atom is 0.165 e. The molecular formula is C23H31FN2O. The van der Waals surface area contributed by atoms with Gasteiger partial charge in [0.05, 0.1) is 18.0 Å². The van der Waals surface area contributed by atoms with Crippen molar-refractivity contribution >= 4 is 0 Å². The minimum Gasteiger partial charge on any atom is -0.491 e. The van der Waals surface area contributed by atoms with Crippen LogP contribution < -0.4 is 4.74 Å². The molecule has 1 aliphatic carbocycles. The Kier molecular flexibility index (Phi) is 7.19. The summed E-state index contributed by atoms with van der Waals surface area (Å²) in [6.45, 7) is 4.98. The Hall–Kier alpha value is -1.97. The average molecular weight is 371 g/mol. The van der Waals surface area contributed by atoms with Crippen LogP contribution in [-0.2, 0) is 6.42 Å². The predicted octanol–water partition coefficient (Wildman–Crippen LogP) is 6.22. The molecule has 4 heteroatoms. The second kappa shape index (κ2) is 9.82. The quantitative estimate of drug-likeness (QED) is 0.517. The van der Waals surface area contributed by atoms with Gasteiger partial charge in [0.15, 0.2) is 11.6 Å². The molecule has 1 aromatic carbocycles. The minimum atomic E-state index is -0.346. The van der Waals surface area contributed by atoms with Gasteiger partial charge in [-0.1, -0.05) is 46.0 Å². The highest BCUT2D eigenvalue weighted by molar-refractivity contribution is 5.59. The van der Waals surface area contributed by atoms with Crippen molar-refractivity contribution < 1.29 is 9.13 Å². The third kappa shape index (κ3) is 5.75. The van der Waals surface area contributed by atoms with Crippen LogP contribution in [0.4, 0.5) is 4.39 Å². The second-order valence-corrected chi connectivity index (χ2v) is 7.92. The molecule has 0 N–H and O–H groups in total. The molecule has 1 aliphatic rings. The van der Waals surface area contributed by atoms with E-state index in [1.165, 1.54) is 38.2 Å². The third-order valence-electron chi connectivity index (χ3n) is 5.65. The van der Waals surface area contributed by atoms with Gasteiger partial charge in [-0.05, 0) is 61.4 Å². The second-order valence-electron chi connectivity index (χ2n) is 7.92. The Labute approximate surface area is 162 Å². The zero-order chi connectivity index (χ0) is 19.1. The van der Waals surface area contributed by atoms with Crippen molar-refractivity contribution in [3.05, 3.63) is 41.8 Å². The van der Waals surface area contributed by atoms with Crippen molar-refractivity contribution in [2.24, 2.45) is 11.8 Å². The summed E-state index contributed by atoms with van der Waals surface area (Å²) < 4.78 is 19.7. The van der Waals surface area contributed by atoms with Crippen LogP contribution in [0.25, 0.3) is 11.3 Å². The van der Waals surface area contributed by atoms with Crippen molar-refractivity contribution in [2.75, 3.05) is 6.61 Å². The summed E-state index contributed by atoms with van der Waals surface area (Å²) in [7, 11) is 0. The molecule has 1 fully saturated rings. The first kappa shape index (κ1) is 19.8. The van der Waals surface area contributed by atoms with Crippen molar-refractivity contribution in [1.82, 2.24) is 10.2 Å². The average Bonchev–Trinajstić information content (AvgIpc) is 2.69. The first-order valence-corrected chi connectivity index (χ1v) is 10.4. The number of halogens is 1. The van der Waals surface area contributed by atoms with E-state index in [2.05, 4.69) is 24.0 Å². The Balaban J connectivity index is 1.55. The summed E-state index contributed by atoms with van der Waals surface area (Å²) in [5, 5.41) is 8.68. The first-order chi connectivity index (χ1) is 13.2. The van der Waals surface area contributed by atoms with Gasteiger partial charge in [-0.15, -0.1) is 0 Å². The van der Waals surface area contributed by atoms with Crippen LogP contribution in [0.5, 0.6) is 5.75 Å². The number of aryl methyl sites for hydroxylation is 1. The lowest BCUT2D eigenvalue weighted by Gasteiger charge is -2.25. The number of benzene rings is 1. The molecule has 1 aromatic heterocycles. The van der Waals surface area contributed by atoms with Crippen LogP contribution in [0.15, 0.2) is 30.3 Å². The molecule has 1 saturated carbocycles. The van der Waals surface area contributed by atoms with Crippen molar-refractivity contribution in [3.63, 3.8) is 0 Å². The fourth-order valence-electron chi connectivity index (χ4n) is 3.72. The number of rotatable bonds is 8. The van der Waals surface area contributed by atoms with Crippen molar-refractivity contribution in [2.45, 2.75) is 65.2 Å². The van der Waals surface area contributed by atoms with Crippen LogP contribution in [0.1, 0.15) is 64.5 Å². The molecule has 0 atom stereocenters. The molecule has 0 radical (unpaired) electrons. The van der Waals surface area contributed by atoms with Gasteiger partial charge in [-0.2, -0.15) is 10.2 Å². The maximum atomic E-state index is 14.2. The van der Waals surface area contributed by atoms with Gasteiger partial charge in [0.2, 0.25) is 0 Å². The normalized spacial score (nSPS) is 19.8. The van der Waals surface area contributed by atoms with E-state index in [-0.39, 0.29) is 5.82 Å². The highest BCUT2D eigenvalue weighted by Crippen LogP contribution is 2.31. The Morgan fingerprint density at radius 1 is 1.07 bits per heavy atom. The fraction of sp³-hybridized carbons (Fsp3) is 0.565. The number of aromatic nitrogens is 2. The molecular weight excluding hydrogens is 339 g/mol. The van der Waals surface area contributed by atoms with E-state index < -0.39 is 0 Å². The molecule has 0 amide bonds. The SMILES string of the molecule is CCCCOc1ccc(-c2ccc(CCC3CCC(C)CC3)nn2)cc1F. The van der Waals surface area contributed by atoms with Crippen LogP contribution in [0.2, 0.25) is 0 Å². The number of unbranched alkanes of at least 4 members (excludes halogenated alkanes) is 1. The molecule has 0 bridgehead atoms. The maximum absolute atomic E-state index is 14.2. The number of nitrogens with zero attached hydrogens (tertiary/aromatic N) is 2. The molecule has 0 saturated heterocycles. The Morgan fingerprint density at radius 3 is 2.56 bits per heavy atom. The first-order valence-electron chi connectivity index (χ1n) is 10.4. The third-order valence-corrected chi connectivity index (χ3v) is 5.65. The summed E-state index contributed by atoms with van der Waals surface area (Å²) in [5.41, 5.74) is 2.46. The van der Waals surface area contributed by atoms with Crippen molar-refractivity contribution in [1.29, 1.82) is 0 Å². The lowest BCUT2D eigenvalue weighted by molar-refractivity contribution is 0.277. The van der Waals surface area contributed by atoms with Gasteiger partial charge in [-0.3, -0.25) is 0 Å². The monoisotopic (exact) mass is 370 g/mol. The Morgan fingerprint density at radius 2 is 1.89 bits per heavy atom. The smallest absolute Gasteiger partial charge is 0.165 e. The summed E-state index contributed by atoms with van der Waals surface area (Å²) in [6.07, 6.45) is 9.54. The summed E-state index contributed by atoms with van der Waals surface area (Å²) in [5.74, 6) is 1.68. The number of hydrogen-bond acceptors (Lipinski definition) is 3. The lowest BCUT2D eigenvalue weighted by Crippen LogP contribution is -2.13. The molecule has 0 aliphatic heterocycles. The van der Waals surface area contributed by atoms with Gasteiger partial charge in [0.25, 0.3) is 0 Å². The molecule has 0 unspecified atom stereocenters.